The van der Waals surface area contributed by atoms with Gasteiger partial charge in [-0.15, -0.1) is 0 Å². The van der Waals surface area contributed by atoms with Crippen LogP contribution < -0.4 is 10.2 Å². The minimum atomic E-state index is -0.864. The molecule has 0 aromatic heterocycles. The van der Waals surface area contributed by atoms with Gasteiger partial charge in [-0.05, 0) is 17.7 Å². The molecule has 0 aliphatic heterocycles. The van der Waals surface area contributed by atoms with E-state index in [1.54, 1.807) is 12.1 Å². The van der Waals surface area contributed by atoms with Gasteiger partial charge in [0, 0.05) is 0 Å². The molecule has 0 aliphatic rings. The molecule has 0 heterocycles. The van der Waals surface area contributed by atoms with Crippen LogP contribution in [0.4, 0.5) is 0 Å². The Bertz CT molecular complexity index is 303. The van der Waals surface area contributed by atoms with Crippen LogP contribution in [0.1, 0.15) is 11.7 Å². The first-order valence-corrected chi connectivity index (χ1v) is 4.11. The standard InChI is InChI=1S/C9H13NO4/c1-14-9-3-2-6(4-7(9)11)8(12)5-10-13/h2-4,8,10-13H,5H2,1H3. The monoisotopic (exact) mass is 199 g/mol. The summed E-state index contributed by atoms with van der Waals surface area (Å²) in [6.07, 6.45) is -0.864. The van der Waals surface area contributed by atoms with Crippen molar-refractivity contribution in [2.45, 2.75) is 6.10 Å². The molecule has 1 atom stereocenters. The average molecular weight is 199 g/mol. The van der Waals surface area contributed by atoms with Crippen molar-refractivity contribution in [3.8, 4) is 11.5 Å². The highest BCUT2D eigenvalue weighted by Gasteiger charge is 2.09. The Kier molecular flexibility index (Phi) is 3.70. The summed E-state index contributed by atoms with van der Waals surface area (Å²) >= 11 is 0. The lowest BCUT2D eigenvalue weighted by molar-refractivity contribution is 0.0919. The zero-order chi connectivity index (χ0) is 10.6. The van der Waals surface area contributed by atoms with Crippen molar-refractivity contribution in [3.05, 3.63) is 23.8 Å². The fraction of sp³-hybridized carbons (Fsp3) is 0.333. The van der Waals surface area contributed by atoms with Crippen molar-refractivity contribution in [1.29, 1.82) is 0 Å². The van der Waals surface area contributed by atoms with Crippen molar-refractivity contribution in [3.63, 3.8) is 0 Å². The van der Waals surface area contributed by atoms with Gasteiger partial charge in [-0.25, -0.2) is 5.48 Å². The van der Waals surface area contributed by atoms with Gasteiger partial charge in [0.15, 0.2) is 11.5 Å². The van der Waals surface area contributed by atoms with Gasteiger partial charge in [0.05, 0.1) is 19.8 Å². The second-order valence-electron chi connectivity index (χ2n) is 2.81. The van der Waals surface area contributed by atoms with Gasteiger partial charge in [0.1, 0.15) is 0 Å². The van der Waals surface area contributed by atoms with Gasteiger partial charge >= 0.3 is 0 Å². The summed E-state index contributed by atoms with van der Waals surface area (Å²) in [7, 11) is 1.44. The predicted molar refractivity (Wildman–Crippen MR) is 49.4 cm³/mol. The molecule has 1 unspecified atom stereocenters. The van der Waals surface area contributed by atoms with Crippen molar-refractivity contribution >= 4 is 0 Å². The molecule has 1 rings (SSSR count). The van der Waals surface area contributed by atoms with Gasteiger partial charge in [-0.2, -0.15) is 0 Å². The van der Waals surface area contributed by atoms with Crippen LogP contribution in [0.3, 0.4) is 0 Å². The lowest BCUT2D eigenvalue weighted by atomic mass is 10.1. The molecule has 5 heteroatoms. The molecule has 1 aromatic carbocycles. The molecule has 0 amide bonds. The smallest absolute Gasteiger partial charge is 0.160 e. The van der Waals surface area contributed by atoms with E-state index in [1.807, 2.05) is 5.48 Å². The highest BCUT2D eigenvalue weighted by atomic mass is 16.5. The normalized spacial score (nSPS) is 12.5. The number of aliphatic hydroxyl groups is 1. The zero-order valence-corrected chi connectivity index (χ0v) is 7.77. The first-order chi connectivity index (χ1) is 6.69. The van der Waals surface area contributed by atoms with Gasteiger partial charge in [-0.3, -0.25) is 0 Å². The molecule has 5 nitrogen and oxygen atoms in total. The SMILES string of the molecule is COc1ccc(C(O)CNO)cc1O. The first kappa shape index (κ1) is 10.8. The van der Waals surface area contributed by atoms with E-state index in [9.17, 15) is 10.2 Å². The Morgan fingerprint density at radius 2 is 2.21 bits per heavy atom. The van der Waals surface area contributed by atoms with E-state index in [0.29, 0.717) is 11.3 Å². The third-order valence-corrected chi connectivity index (χ3v) is 1.87. The van der Waals surface area contributed by atoms with Gasteiger partial charge < -0.3 is 20.2 Å². The van der Waals surface area contributed by atoms with E-state index in [-0.39, 0.29) is 12.3 Å². The predicted octanol–water partition coefficient (Wildman–Crippen LogP) is 0.413. The fourth-order valence-corrected chi connectivity index (χ4v) is 1.12. The van der Waals surface area contributed by atoms with Crippen LogP contribution in [0.5, 0.6) is 11.5 Å². The number of hydrogen-bond acceptors (Lipinski definition) is 5. The summed E-state index contributed by atoms with van der Waals surface area (Å²) in [5.74, 6) is 0.305. The largest absolute Gasteiger partial charge is 0.504 e. The highest BCUT2D eigenvalue weighted by molar-refractivity contribution is 5.42. The van der Waals surface area contributed by atoms with Crippen LogP contribution in [0.15, 0.2) is 18.2 Å². The van der Waals surface area contributed by atoms with Crippen molar-refractivity contribution in [2.75, 3.05) is 13.7 Å². The van der Waals surface area contributed by atoms with E-state index in [1.165, 1.54) is 13.2 Å². The van der Waals surface area contributed by atoms with E-state index in [2.05, 4.69) is 0 Å². The summed E-state index contributed by atoms with van der Waals surface area (Å²) in [6, 6.07) is 4.55. The number of methoxy groups -OCH3 is 1. The lowest BCUT2D eigenvalue weighted by Crippen LogP contribution is -2.17. The number of nitrogens with one attached hydrogen (secondary N) is 1. The Balaban J connectivity index is 2.85. The summed E-state index contributed by atoms with van der Waals surface area (Å²) < 4.78 is 4.84. The van der Waals surface area contributed by atoms with Crippen molar-refractivity contribution < 1.29 is 20.2 Å². The molecule has 1 aromatic rings. The molecule has 0 bridgehead atoms. The second kappa shape index (κ2) is 4.80. The van der Waals surface area contributed by atoms with Crippen LogP contribution in [0.2, 0.25) is 0 Å². The Morgan fingerprint density at radius 1 is 1.50 bits per heavy atom. The quantitative estimate of drug-likeness (QED) is 0.528. The van der Waals surface area contributed by atoms with Crippen molar-refractivity contribution in [2.24, 2.45) is 0 Å². The van der Waals surface area contributed by atoms with Crippen LogP contribution >= 0.6 is 0 Å². The zero-order valence-electron chi connectivity index (χ0n) is 7.77. The summed E-state index contributed by atoms with van der Waals surface area (Å²) in [4.78, 5) is 0. The molecular formula is C9H13NO4. The van der Waals surface area contributed by atoms with E-state index >= 15 is 0 Å². The topological polar surface area (TPSA) is 82.0 Å². The molecule has 4 N–H and O–H groups in total. The third-order valence-electron chi connectivity index (χ3n) is 1.87. The number of hydroxylamine groups is 1. The maximum absolute atomic E-state index is 9.43. The Morgan fingerprint density at radius 3 is 2.71 bits per heavy atom. The van der Waals surface area contributed by atoms with E-state index in [0.717, 1.165) is 0 Å². The Labute approximate surface area is 81.5 Å². The van der Waals surface area contributed by atoms with Gasteiger partial charge in [0.2, 0.25) is 0 Å². The molecular weight excluding hydrogens is 186 g/mol. The van der Waals surface area contributed by atoms with E-state index < -0.39 is 6.10 Å². The molecule has 0 radical (unpaired) electrons. The van der Waals surface area contributed by atoms with Crippen LogP contribution in [-0.2, 0) is 0 Å². The third kappa shape index (κ3) is 2.35. The van der Waals surface area contributed by atoms with Gasteiger partial charge in [0.25, 0.3) is 0 Å². The molecule has 0 spiro atoms. The van der Waals surface area contributed by atoms with Crippen LogP contribution in [0.25, 0.3) is 0 Å². The number of aromatic hydroxyl groups is 1. The Hall–Kier alpha value is -1.30. The van der Waals surface area contributed by atoms with E-state index in [4.69, 9.17) is 9.94 Å². The molecule has 0 aliphatic carbocycles. The number of aliphatic hydroxyl groups excluding tert-OH is 1. The highest BCUT2D eigenvalue weighted by Crippen LogP contribution is 2.28. The second-order valence-corrected chi connectivity index (χ2v) is 2.81. The first-order valence-electron chi connectivity index (χ1n) is 4.11. The summed E-state index contributed by atoms with van der Waals surface area (Å²) in [5.41, 5.74) is 2.36. The number of rotatable bonds is 4. The maximum Gasteiger partial charge on any atom is 0.160 e. The number of phenolic OH excluding ortho intramolecular Hbond substituents is 1. The number of hydrogen-bond donors (Lipinski definition) is 4. The van der Waals surface area contributed by atoms with Gasteiger partial charge in [-0.1, -0.05) is 6.07 Å². The minimum absolute atomic E-state index is 0.00572. The molecule has 0 fully saturated rings. The molecule has 14 heavy (non-hydrogen) atoms. The minimum Gasteiger partial charge on any atom is -0.504 e. The lowest BCUT2D eigenvalue weighted by Gasteiger charge is -2.11. The number of phenols is 1. The average Bonchev–Trinajstić information content (AvgIpc) is 2.18. The summed E-state index contributed by atoms with van der Waals surface area (Å²) in [5, 5.41) is 27.2. The number of benzene rings is 1. The molecule has 78 valence electrons. The fourth-order valence-electron chi connectivity index (χ4n) is 1.12. The molecule has 0 saturated carbocycles. The number of ether oxygens (including phenoxy) is 1. The van der Waals surface area contributed by atoms with Crippen molar-refractivity contribution in [1.82, 2.24) is 5.48 Å². The maximum atomic E-state index is 9.43. The summed E-state index contributed by atoms with van der Waals surface area (Å²) in [6.45, 7) is 0.00572. The molecule has 0 saturated heterocycles. The van der Waals surface area contributed by atoms with Crippen LogP contribution in [-0.4, -0.2) is 29.1 Å². The van der Waals surface area contributed by atoms with Crippen LogP contribution in [0, 0.1) is 0 Å².